The van der Waals surface area contributed by atoms with Crippen LogP contribution >= 0.6 is 0 Å². The first-order valence-electron chi connectivity index (χ1n) is 13.3. The van der Waals surface area contributed by atoms with Gasteiger partial charge in [-0.3, -0.25) is 4.79 Å². The number of fused-ring (bicyclic) bond motifs is 3. The maximum atomic E-state index is 14.9. The molecule has 0 amide bonds. The number of carboxylic acids is 1. The zero-order valence-corrected chi connectivity index (χ0v) is 22.7. The van der Waals surface area contributed by atoms with E-state index in [0.717, 1.165) is 40.7 Å². The van der Waals surface area contributed by atoms with Gasteiger partial charge in [0.1, 0.15) is 12.4 Å². The third kappa shape index (κ3) is 4.94. The molecule has 2 fully saturated rings. The minimum atomic E-state index is -3.15. The molecule has 6 rings (SSSR count). The smallest absolute Gasteiger partial charge is 0.307 e. The minimum absolute atomic E-state index is 0.0342. The van der Waals surface area contributed by atoms with Crippen molar-refractivity contribution < 1.29 is 27.4 Å². The highest BCUT2D eigenvalue weighted by molar-refractivity contribution is 7.88. The van der Waals surface area contributed by atoms with Crippen LogP contribution in [0.15, 0.2) is 48.7 Å². The van der Waals surface area contributed by atoms with Crippen LogP contribution in [0.4, 0.5) is 4.39 Å². The number of carboxylic acid groups (broad SMARTS) is 1. The molecule has 2 heterocycles. The van der Waals surface area contributed by atoms with E-state index in [-0.39, 0.29) is 30.2 Å². The molecule has 2 aromatic carbocycles. The van der Waals surface area contributed by atoms with E-state index in [1.807, 2.05) is 31.2 Å². The van der Waals surface area contributed by atoms with E-state index in [0.29, 0.717) is 36.9 Å². The number of carbonyl (C=O) groups is 1. The lowest BCUT2D eigenvalue weighted by atomic mass is 9.88. The topological polar surface area (TPSA) is 96.8 Å². The molecule has 1 saturated heterocycles. The van der Waals surface area contributed by atoms with Crippen molar-refractivity contribution in [3.8, 4) is 17.0 Å². The molecule has 1 saturated carbocycles. The molecule has 39 heavy (non-hydrogen) atoms. The highest BCUT2D eigenvalue weighted by Gasteiger charge is 2.59. The first-order valence-corrected chi connectivity index (χ1v) is 15.1. The second-order valence-electron chi connectivity index (χ2n) is 11.1. The highest BCUT2D eigenvalue weighted by atomic mass is 32.2. The maximum Gasteiger partial charge on any atom is 0.307 e. The summed E-state index contributed by atoms with van der Waals surface area (Å²) in [5.74, 6) is -0.441. The van der Waals surface area contributed by atoms with Gasteiger partial charge in [-0.1, -0.05) is 24.3 Å². The lowest BCUT2D eigenvalue weighted by molar-refractivity contribution is -0.139. The standard InChI is InChI=1S/C30H31FN2O5S/c1-17-11-26(31)22(16-38-27-14-21-12-24-28(25(21)15-32-27)29(24)30(34)35)13-23(17)20-5-3-18(4-6-20)19-7-9-33(10-8-19)39(2,36)37/h3-6,11,13-15,19,24,28-29H,7-10,12,16H2,1-2H3,(H,34,35)/t24-,28-,29+/m1/s1. The van der Waals surface area contributed by atoms with Crippen molar-refractivity contribution >= 4 is 16.0 Å². The lowest BCUT2D eigenvalue weighted by Crippen LogP contribution is -2.37. The fourth-order valence-electron chi connectivity index (χ4n) is 6.43. The number of piperidine rings is 1. The highest BCUT2D eigenvalue weighted by Crippen LogP contribution is 2.61. The summed E-state index contributed by atoms with van der Waals surface area (Å²) in [4.78, 5) is 15.7. The van der Waals surface area contributed by atoms with Gasteiger partial charge < -0.3 is 9.84 Å². The van der Waals surface area contributed by atoms with Gasteiger partial charge in [0.15, 0.2) is 0 Å². The molecule has 2 aliphatic carbocycles. The van der Waals surface area contributed by atoms with Crippen molar-refractivity contribution in [1.29, 1.82) is 0 Å². The molecule has 3 atom stereocenters. The van der Waals surface area contributed by atoms with E-state index in [4.69, 9.17) is 4.74 Å². The van der Waals surface area contributed by atoms with Crippen LogP contribution < -0.4 is 4.74 Å². The van der Waals surface area contributed by atoms with E-state index in [1.165, 1.54) is 17.9 Å². The van der Waals surface area contributed by atoms with Gasteiger partial charge in [0.05, 0.1) is 12.2 Å². The Balaban J connectivity index is 1.14. The summed E-state index contributed by atoms with van der Waals surface area (Å²) < 4.78 is 45.9. The SMILES string of the molecule is Cc1cc(F)c(COc2cc3c(cn2)[C@H]2[C@@H](C3)[C@@H]2C(=O)O)cc1-c1ccc(C2CCN(S(C)(=O)=O)CC2)cc1. The first kappa shape index (κ1) is 26.0. The van der Waals surface area contributed by atoms with Gasteiger partial charge >= 0.3 is 5.97 Å². The van der Waals surface area contributed by atoms with Gasteiger partial charge in [0, 0.05) is 36.8 Å². The van der Waals surface area contributed by atoms with Crippen LogP contribution in [0.3, 0.4) is 0 Å². The molecule has 7 nitrogen and oxygen atoms in total. The van der Waals surface area contributed by atoms with Crippen LogP contribution in [0.1, 0.15) is 52.5 Å². The van der Waals surface area contributed by atoms with Crippen molar-refractivity contribution in [1.82, 2.24) is 9.29 Å². The summed E-state index contributed by atoms with van der Waals surface area (Å²) in [5.41, 5.74) is 6.42. The van der Waals surface area contributed by atoms with Crippen molar-refractivity contribution in [2.24, 2.45) is 11.8 Å². The third-order valence-electron chi connectivity index (χ3n) is 8.65. The van der Waals surface area contributed by atoms with Gasteiger partial charge in [-0.05, 0) is 83.5 Å². The van der Waals surface area contributed by atoms with Gasteiger partial charge in [-0.15, -0.1) is 0 Å². The number of aryl methyl sites for hydroxylation is 1. The number of aliphatic carboxylic acids is 1. The van der Waals surface area contributed by atoms with Crippen LogP contribution in [0.5, 0.6) is 5.88 Å². The molecule has 0 spiro atoms. The van der Waals surface area contributed by atoms with Crippen molar-refractivity contribution in [2.45, 2.75) is 44.6 Å². The van der Waals surface area contributed by atoms with Crippen molar-refractivity contribution in [3.63, 3.8) is 0 Å². The van der Waals surface area contributed by atoms with Gasteiger partial charge in [0.2, 0.25) is 15.9 Å². The molecule has 1 N–H and O–H groups in total. The Kier molecular flexibility index (Phi) is 6.46. The predicted octanol–water partition coefficient (Wildman–Crippen LogP) is 4.88. The summed E-state index contributed by atoms with van der Waals surface area (Å²) in [6.45, 7) is 2.99. The molecular weight excluding hydrogens is 519 g/mol. The minimum Gasteiger partial charge on any atom is -0.481 e. The summed E-state index contributed by atoms with van der Waals surface area (Å²) in [6, 6.07) is 13.5. The monoisotopic (exact) mass is 550 g/mol. The van der Waals surface area contributed by atoms with E-state index >= 15 is 0 Å². The number of aromatic nitrogens is 1. The van der Waals surface area contributed by atoms with Crippen molar-refractivity contribution in [2.75, 3.05) is 19.3 Å². The van der Waals surface area contributed by atoms with Crippen molar-refractivity contribution in [3.05, 3.63) is 82.3 Å². The van der Waals surface area contributed by atoms with Crippen LogP contribution in [0, 0.1) is 24.6 Å². The third-order valence-corrected chi connectivity index (χ3v) is 9.96. The summed E-state index contributed by atoms with van der Waals surface area (Å²) in [5, 5.41) is 9.31. The predicted molar refractivity (Wildman–Crippen MR) is 145 cm³/mol. The fourth-order valence-corrected chi connectivity index (χ4v) is 7.30. The average Bonchev–Trinajstić information content (AvgIpc) is 3.50. The number of rotatable bonds is 7. The van der Waals surface area contributed by atoms with Crippen LogP contribution in [0.25, 0.3) is 11.1 Å². The number of ether oxygens (including phenoxy) is 1. The summed E-state index contributed by atoms with van der Waals surface area (Å²) in [7, 11) is -3.15. The zero-order chi connectivity index (χ0) is 27.5. The second kappa shape index (κ2) is 9.71. The number of pyridine rings is 1. The van der Waals surface area contributed by atoms with E-state index in [2.05, 4.69) is 17.1 Å². The molecule has 1 aromatic heterocycles. The van der Waals surface area contributed by atoms with Gasteiger partial charge in [-0.2, -0.15) is 0 Å². The number of benzene rings is 2. The van der Waals surface area contributed by atoms with E-state index in [1.54, 1.807) is 10.5 Å². The fraction of sp³-hybridized carbons (Fsp3) is 0.400. The molecule has 0 radical (unpaired) electrons. The molecule has 3 aromatic rings. The Hall–Kier alpha value is -3.30. The quantitative estimate of drug-likeness (QED) is 0.450. The Labute approximate surface area is 227 Å². The maximum absolute atomic E-state index is 14.9. The van der Waals surface area contributed by atoms with E-state index < -0.39 is 16.0 Å². The molecule has 0 unspecified atom stereocenters. The van der Waals surface area contributed by atoms with Crippen LogP contribution in [-0.2, 0) is 27.8 Å². The summed E-state index contributed by atoms with van der Waals surface area (Å²) >= 11 is 0. The number of hydrogen-bond donors (Lipinski definition) is 1. The Bertz CT molecular complexity index is 1550. The van der Waals surface area contributed by atoms with Gasteiger partial charge in [0.25, 0.3) is 0 Å². The normalized spacial score (nSPS) is 22.8. The number of hydrogen-bond acceptors (Lipinski definition) is 5. The lowest BCUT2D eigenvalue weighted by Gasteiger charge is -2.30. The molecule has 0 bridgehead atoms. The van der Waals surface area contributed by atoms with Gasteiger partial charge in [-0.25, -0.2) is 22.1 Å². The van der Waals surface area contributed by atoms with Crippen LogP contribution in [-0.4, -0.2) is 48.1 Å². The Morgan fingerprint density at radius 3 is 2.54 bits per heavy atom. The Morgan fingerprint density at radius 2 is 1.87 bits per heavy atom. The molecular formula is C30H31FN2O5S. The number of sulfonamides is 1. The average molecular weight is 551 g/mol. The van der Waals surface area contributed by atoms with Crippen LogP contribution in [0.2, 0.25) is 0 Å². The Morgan fingerprint density at radius 1 is 1.15 bits per heavy atom. The molecule has 204 valence electrons. The number of nitrogens with zero attached hydrogens (tertiary/aromatic N) is 2. The molecule has 9 heteroatoms. The first-order chi connectivity index (χ1) is 18.6. The van der Waals surface area contributed by atoms with E-state index in [9.17, 15) is 22.7 Å². The molecule has 1 aliphatic heterocycles. The second-order valence-corrected chi connectivity index (χ2v) is 13.1. The molecule has 3 aliphatic rings. The largest absolute Gasteiger partial charge is 0.481 e. The summed E-state index contributed by atoms with van der Waals surface area (Å²) in [6.07, 6.45) is 5.27. The number of halogens is 1. The zero-order valence-electron chi connectivity index (χ0n) is 21.9.